The van der Waals surface area contributed by atoms with Crippen LogP contribution in [0.15, 0.2) is 27.6 Å². The predicted molar refractivity (Wildman–Crippen MR) is 61.5 cm³/mol. The van der Waals surface area contributed by atoms with Crippen molar-refractivity contribution < 1.29 is 26.4 Å². The monoisotopic (exact) mass is 367 g/mol. The van der Waals surface area contributed by atoms with E-state index >= 15 is 0 Å². The normalized spacial score (nSPS) is 12.7. The summed E-state index contributed by atoms with van der Waals surface area (Å²) in [4.78, 5) is 4.83. The van der Waals surface area contributed by atoms with Gasteiger partial charge in [-0.1, -0.05) is 32.4 Å². The number of nitrogens with one attached hydrogen (secondary N) is 1. The van der Waals surface area contributed by atoms with E-state index in [4.69, 9.17) is 11.6 Å². The third-order valence-electron chi connectivity index (χ3n) is 1.59. The number of sulfonamides is 1. The van der Waals surface area contributed by atoms with E-state index in [0.717, 1.165) is 6.07 Å². The van der Waals surface area contributed by atoms with E-state index in [2.05, 4.69) is 20.8 Å². The first-order chi connectivity index (χ1) is 8.12. The number of hydrogen-bond acceptors (Lipinski definition) is 3. The van der Waals surface area contributed by atoms with E-state index in [0.29, 0.717) is 4.47 Å². The van der Waals surface area contributed by atoms with Crippen molar-refractivity contribution in [1.82, 2.24) is 4.89 Å². The highest BCUT2D eigenvalue weighted by atomic mass is 79.9. The Morgan fingerprint density at radius 3 is 2.50 bits per heavy atom. The van der Waals surface area contributed by atoms with Crippen LogP contribution in [0.1, 0.15) is 0 Å². The Bertz CT molecular complexity index is 535. The first kappa shape index (κ1) is 15.7. The Labute approximate surface area is 114 Å². The fourth-order valence-corrected chi connectivity index (χ4v) is 2.77. The highest BCUT2D eigenvalue weighted by molar-refractivity contribution is 9.10. The highest BCUT2D eigenvalue weighted by Crippen LogP contribution is 2.25. The molecule has 4 nitrogen and oxygen atoms in total. The molecule has 0 unspecified atom stereocenters. The van der Waals surface area contributed by atoms with Gasteiger partial charge in [-0.15, -0.1) is 0 Å². The van der Waals surface area contributed by atoms with E-state index < -0.39 is 22.8 Å². The maximum absolute atomic E-state index is 11.8. The van der Waals surface area contributed by atoms with Crippen LogP contribution < -0.4 is 4.89 Å². The van der Waals surface area contributed by atoms with Crippen molar-refractivity contribution >= 4 is 37.6 Å². The Balaban J connectivity index is 2.81. The van der Waals surface area contributed by atoms with Crippen LogP contribution in [-0.4, -0.2) is 21.2 Å². The van der Waals surface area contributed by atoms with Gasteiger partial charge in [-0.05, 0) is 18.2 Å². The van der Waals surface area contributed by atoms with Crippen LogP contribution in [0.3, 0.4) is 0 Å². The Morgan fingerprint density at radius 2 is 2.00 bits per heavy atom. The molecule has 0 saturated carbocycles. The summed E-state index contributed by atoms with van der Waals surface area (Å²) >= 11 is 8.72. The Hall–Kier alpha value is -0.350. The molecule has 0 atom stereocenters. The van der Waals surface area contributed by atoms with Crippen LogP contribution in [0.25, 0.3) is 0 Å². The van der Waals surface area contributed by atoms with Gasteiger partial charge in [0.05, 0.1) is 5.02 Å². The zero-order valence-electron chi connectivity index (χ0n) is 8.46. The fraction of sp³-hybridized carbons (Fsp3) is 0.250. The fourth-order valence-electron chi connectivity index (χ4n) is 0.927. The molecule has 1 aromatic rings. The molecule has 0 amide bonds. The summed E-state index contributed by atoms with van der Waals surface area (Å²) in [5.41, 5.74) is 0. The van der Waals surface area contributed by atoms with Crippen molar-refractivity contribution in [1.29, 1.82) is 0 Å². The van der Waals surface area contributed by atoms with E-state index in [1.807, 2.05) is 0 Å². The molecular weight excluding hydrogens is 363 g/mol. The molecule has 1 aromatic carbocycles. The van der Waals surface area contributed by atoms with Crippen LogP contribution >= 0.6 is 27.5 Å². The minimum absolute atomic E-state index is 0.146. The van der Waals surface area contributed by atoms with Crippen LogP contribution in [0.2, 0.25) is 5.02 Å². The summed E-state index contributed by atoms with van der Waals surface area (Å²) in [5, 5.41) is -0.146. The van der Waals surface area contributed by atoms with Gasteiger partial charge in [0, 0.05) is 4.47 Å². The molecule has 1 rings (SSSR count). The van der Waals surface area contributed by atoms with Crippen molar-refractivity contribution in [2.45, 2.75) is 11.1 Å². The average molecular weight is 369 g/mol. The predicted octanol–water partition coefficient (Wildman–Crippen LogP) is 2.87. The maximum Gasteiger partial charge on any atom is 0.413 e. The van der Waals surface area contributed by atoms with Crippen molar-refractivity contribution in [2.75, 3.05) is 6.61 Å². The van der Waals surface area contributed by atoms with Crippen molar-refractivity contribution in [2.24, 2.45) is 0 Å². The number of benzene rings is 1. The Morgan fingerprint density at radius 1 is 1.39 bits per heavy atom. The second-order valence-electron chi connectivity index (χ2n) is 3.07. The third-order valence-corrected chi connectivity index (χ3v) is 3.78. The summed E-state index contributed by atoms with van der Waals surface area (Å²) in [6, 6.07) is 3.80. The lowest BCUT2D eigenvalue weighted by Gasteiger charge is -2.10. The molecule has 1 N–H and O–H groups in total. The second kappa shape index (κ2) is 5.74. The van der Waals surface area contributed by atoms with Crippen molar-refractivity contribution in [3.8, 4) is 0 Å². The summed E-state index contributed by atoms with van der Waals surface area (Å²) in [6.45, 7) is -1.74. The molecule has 0 aliphatic heterocycles. The number of halogens is 5. The molecule has 0 heterocycles. The molecule has 0 bridgehead atoms. The van der Waals surface area contributed by atoms with E-state index in [1.54, 1.807) is 0 Å². The lowest BCUT2D eigenvalue weighted by atomic mass is 10.4. The van der Waals surface area contributed by atoms with Gasteiger partial charge in [-0.3, -0.25) is 4.84 Å². The van der Waals surface area contributed by atoms with Crippen LogP contribution in [0.4, 0.5) is 13.2 Å². The molecular formula is C8H6BrClF3NO3S. The van der Waals surface area contributed by atoms with Crippen LogP contribution in [-0.2, 0) is 14.9 Å². The highest BCUT2D eigenvalue weighted by Gasteiger charge is 2.29. The lowest BCUT2D eigenvalue weighted by Crippen LogP contribution is -2.29. The summed E-state index contributed by atoms with van der Waals surface area (Å²) in [7, 11) is -4.26. The lowest BCUT2D eigenvalue weighted by molar-refractivity contribution is -0.181. The Kier molecular flexibility index (Phi) is 5.01. The summed E-state index contributed by atoms with van der Waals surface area (Å²) < 4.78 is 58.9. The van der Waals surface area contributed by atoms with Gasteiger partial charge < -0.3 is 0 Å². The van der Waals surface area contributed by atoms with Crippen molar-refractivity contribution in [3.05, 3.63) is 27.7 Å². The zero-order valence-corrected chi connectivity index (χ0v) is 11.6. The first-order valence-electron chi connectivity index (χ1n) is 4.27. The molecule has 10 heteroatoms. The quantitative estimate of drug-likeness (QED) is 0.832. The minimum atomic E-state index is -4.63. The molecule has 0 spiro atoms. The zero-order chi connectivity index (χ0) is 14.0. The van der Waals surface area contributed by atoms with E-state index in [1.165, 1.54) is 17.0 Å². The summed E-state index contributed by atoms with van der Waals surface area (Å²) in [5.74, 6) is 0. The molecule has 102 valence electrons. The third kappa shape index (κ3) is 4.73. The first-order valence-corrected chi connectivity index (χ1v) is 6.93. The molecule has 0 aliphatic rings. The van der Waals surface area contributed by atoms with Gasteiger partial charge in [0.2, 0.25) is 0 Å². The minimum Gasteiger partial charge on any atom is -0.277 e. The molecule has 0 fully saturated rings. The van der Waals surface area contributed by atoms with Gasteiger partial charge in [0.15, 0.2) is 6.61 Å². The SMILES string of the molecule is O=S(=O)(NOCC(F)(F)F)c1ccc(Br)cc1Cl. The molecule has 0 aliphatic carbocycles. The standard InChI is InChI=1S/C8H6BrClF3NO3S/c9-5-1-2-7(6(10)3-5)18(15,16)14-17-4-8(11,12)13/h1-3,14H,4H2. The number of hydrogen-bond donors (Lipinski definition) is 1. The van der Waals surface area contributed by atoms with Gasteiger partial charge >= 0.3 is 6.18 Å². The van der Waals surface area contributed by atoms with Crippen LogP contribution in [0.5, 0.6) is 0 Å². The second-order valence-corrected chi connectivity index (χ2v) is 6.00. The topological polar surface area (TPSA) is 55.4 Å². The maximum atomic E-state index is 11.8. The van der Waals surface area contributed by atoms with Gasteiger partial charge in [-0.25, -0.2) is 8.42 Å². The summed E-state index contributed by atoms with van der Waals surface area (Å²) in [6.07, 6.45) is -4.63. The number of rotatable bonds is 4. The van der Waals surface area contributed by atoms with Gasteiger partial charge in [-0.2, -0.15) is 13.2 Å². The molecule has 0 radical (unpaired) electrons. The van der Waals surface area contributed by atoms with Gasteiger partial charge in [0.25, 0.3) is 10.0 Å². The largest absolute Gasteiger partial charge is 0.413 e. The van der Waals surface area contributed by atoms with Crippen LogP contribution in [0, 0.1) is 0 Å². The van der Waals surface area contributed by atoms with Gasteiger partial charge in [0.1, 0.15) is 4.90 Å². The van der Waals surface area contributed by atoms with E-state index in [-0.39, 0.29) is 9.92 Å². The number of alkyl halides is 3. The molecule has 0 aromatic heterocycles. The van der Waals surface area contributed by atoms with E-state index in [9.17, 15) is 21.6 Å². The molecule has 18 heavy (non-hydrogen) atoms. The molecule has 0 saturated heterocycles. The average Bonchev–Trinajstić information content (AvgIpc) is 2.13. The van der Waals surface area contributed by atoms with Crippen molar-refractivity contribution in [3.63, 3.8) is 0 Å². The smallest absolute Gasteiger partial charge is 0.277 e.